The molecule has 1 aliphatic carbocycles. The molecule has 0 atom stereocenters. The van der Waals surface area contributed by atoms with E-state index < -0.39 is 5.91 Å². The van der Waals surface area contributed by atoms with Crippen LogP contribution in [0.3, 0.4) is 0 Å². The largest absolute Gasteiger partial charge is 0.287 e. The Morgan fingerprint density at radius 3 is 2.72 bits per heavy atom. The van der Waals surface area contributed by atoms with E-state index in [1.807, 2.05) is 30.3 Å². The first-order valence-electron chi connectivity index (χ1n) is 5.61. The van der Waals surface area contributed by atoms with Crippen molar-refractivity contribution in [2.75, 3.05) is 0 Å². The minimum atomic E-state index is -0.512. The van der Waals surface area contributed by atoms with Crippen molar-refractivity contribution < 1.29 is 4.79 Å². The van der Waals surface area contributed by atoms with Crippen LogP contribution in [-0.2, 0) is 6.42 Å². The molecule has 4 heteroatoms. The van der Waals surface area contributed by atoms with Crippen molar-refractivity contribution in [2.24, 2.45) is 5.11 Å². The minimum absolute atomic E-state index is 0.501. The molecule has 1 amide bonds. The van der Waals surface area contributed by atoms with Gasteiger partial charge in [-0.1, -0.05) is 42.5 Å². The van der Waals surface area contributed by atoms with Crippen molar-refractivity contribution in [1.29, 1.82) is 0 Å². The van der Waals surface area contributed by atoms with Gasteiger partial charge < -0.3 is 0 Å². The fraction of sp³-hybridized carbons (Fsp3) is 0.0714. The van der Waals surface area contributed by atoms with Crippen LogP contribution in [0.15, 0.2) is 47.6 Å². The van der Waals surface area contributed by atoms with Gasteiger partial charge in [0.25, 0.3) is 0 Å². The predicted octanol–water partition coefficient (Wildman–Crippen LogP) is 3.71. The molecule has 0 N–H and O–H groups in total. The highest BCUT2D eigenvalue weighted by molar-refractivity contribution is 5.99. The lowest BCUT2D eigenvalue weighted by Gasteiger charge is -2.04. The minimum Gasteiger partial charge on any atom is -0.287 e. The van der Waals surface area contributed by atoms with Gasteiger partial charge >= 0.3 is 0 Å². The van der Waals surface area contributed by atoms with Crippen molar-refractivity contribution >= 4 is 5.91 Å². The van der Waals surface area contributed by atoms with E-state index in [0.717, 1.165) is 16.7 Å². The number of azide groups is 1. The van der Waals surface area contributed by atoms with Crippen LogP contribution in [0.1, 0.15) is 21.5 Å². The molecule has 18 heavy (non-hydrogen) atoms. The van der Waals surface area contributed by atoms with Gasteiger partial charge in [-0.25, -0.2) is 0 Å². The van der Waals surface area contributed by atoms with E-state index in [1.54, 1.807) is 6.07 Å². The third kappa shape index (κ3) is 1.48. The Kier molecular flexibility index (Phi) is 2.36. The zero-order valence-corrected chi connectivity index (χ0v) is 9.50. The maximum atomic E-state index is 11.7. The summed E-state index contributed by atoms with van der Waals surface area (Å²) in [5.74, 6) is -0.512. The van der Waals surface area contributed by atoms with E-state index in [0.29, 0.717) is 12.0 Å². The summed E-state index contributed by atoms with van der Waals surface area (Å²) >= 11 is 0. The lowest BCUT2D eigenvalue weighted by atomic mass is 10.0. The Hall–Kier alpha value is -2.58. The summed E-state index contributed by atoms with van der Waals surface area (Å²) in [5, 5.41) is 3.18. The molecule has 0 saturated heterocycles. The van der Waals surface area contributed by atoms with Crippen molar-refractivity contribution in [2.45, 2.75) is 6.42 Å². The van der Waals surface area contributed by atoms with Gasteiger partial charge in [-0.15, -0.1) is 0 Å². The summed E-state index contributed by atoms with van der Waals surface area (Å²) < 4.78 is 0. The topological polar surface area (TPSA) is 65.8 Å². The van der Waals surface area contributed by atoms with Gasteiger partial charge in [0.05, 0.1) is 0 Å². The smallest absolute Gasteiger partial charge is 0.249 e. The molecule has 0 heterocycles. The zero-order valence-electron chi connectivity index (χ0n) is 9.50. The van der Waals surface area contributed by atoms with Crippen molar-refractivity contribution in [3.63, 3.8) is 0 Å². The van der Waals surface area contributed by atoms with E-state index >= 15 is 0 Å². The average Bonchev–Trinajstić information content (AvgIpc) is 2.77. The first-order valence-corrected chi connectivity index (χ1v) is 5.61. The molecule has 0 spiro atoms. The Morgan fingerprint density at radius 2 is 1.89 bits per heavy atom. The van der Waals surface area contributed by atoms with Crippen LogP contribution in [0, 0.1) is 0 Å². The standard InChI is InChI=1S/C14H9N3O/c15-17-16-14(18)12-7-3-6-11-10-5-2-1-4-9(10)8-13(11)12/h1-7H,8H2. The number of carbonyl (C=O) groups excluding carboxylic acids is 1. The van der Waals surface area contributed by atoms with Crippen LogP contribution < -0.4 is 0 Å². The molecule has 2 aromatic carbocycles. The second kappa shape index (κ2) is 4.02. The molecule has 2 aromatic rings. The van der Waals surface area contributed by atoms with Crippen LogP contribution in [0.2, 0.25) is 0 Å². The van der Waals surface area contributed by atoms with E-state index in [4.69, 9.17) is 5.53 Å². The van der Waals surface area contributed by atoms with Crippen LogP contribution in [0.5, 0.6) is 0 Å². The fourth-order valence-electron chi connectivity index (χ4n) is 2.45. The maximum Gasteiger partial charge on any atom is 0.249 e. The van der Waals surface area contributed by atoms with Gasteiger partial charge in [0.2, 0.25) is 5.91 Å². The zero-order chi connectivity index (χ0) is 12.5. The van der Waals surface area contributed by atoms with E-state index in [-0.39, 0.29) is 0 Å². The number of carbonyl (C=O) groups is 1. The van der Waals surface area contributed by atoms with Gasteiger partial charge in [-0.05, 0) is 39.3 Å². The number of hydrogen-bond donors (Lipinski definition) is 0. The molecular formula is C14H9N3O. The average molecular weight is 235 g/mol. The molecule has 4 nitrogen and oxygen atoms in total. The first-order chi connectivity index (χ1) is 8.81. The number of hydrogen-bond acceptors (Lipinski definition) is 1. The number of rotatable bonds is 1. The van der Waals surface area contributed by atoms with Crippen molar-refractivity contribution in [3.8, 4) is 11.1 Å². The molecule has 0 fully saturated rings. The summed E-state index contributed by atoms with van der Waals surface area (Å²) in [6.07, 6.45) is 0.717. The fourth-order valence-corrected chi connectivity index (χ4v) is 2.45. The quantitative estimate of drug-likeness (QED) is 0.360. The highest BCUT2D eigenvalue weighted by Crippen LogP contribution is 2.38. The lowest BCUT2D eigenvalue weighted by Crippen LogP contribution is -1.99. The number of fused-ring (bicyclic) bond motifs is 3. The van der Waals surface area contributed by atoms with Crippen molar-refractivity contribution in [1.82, 2.24) is 0 Å². The van der Waals surface area contributed by atoms with Gasteiger partial charge in [-0.3, -0.25) is 4.79 Å². The van der Waals surface area contributed by atoms with E-state index in [9.17, 15) is 4.79 Å². The summed E-state index contributed by atoms with van der Waals surface area (Å²) in [6, 6.07) is 13.6. The molecule has 3 rings (SSSR count). The molecule has 86 valence electrons. The SMILES string of the molecule is [N-]=[N+]=NC(=O)c1cccc2c1Cc1ccccc1-2. The maximum absolute atomic E-state index is 11.7. The summed E-state index contributed by atoms with van der Waals surface area (Å²) in [5.41, 5.74) is 13.2. The Morgan fingerprint density at radius 1 is 1.11 bits per heavy atom. The molecule has 0 bridgehead atoms. The molecule has 0 aromatic heterocycles. The normalized spacial score (nSPS) is 11.3. The van der Waals surface area contributed by atoms with Gasteiger partial charge in [0.1, 0.15) is 0 Å². The third-order valence-electron chi connectivity index (χ3n) is 3.22. The van der Waals surface area contributed by atoms with Crippen LogP contribution in [-0.4, -0.2) is 5.91 Å². The van der Waals surface area contributed by atoms with E-state index in [2.05, 4.69) is 16.1 Å². The highest BCUT2D eigenvalue weighted by Gasteiger charge is 2.22. The molecule has 0 saturated carbocycles. The molecule has 0 radical (unpaired) electrons. The van der Waals surface area contributed by atoms with Crippen LogP contribution in [0.25, 0.3) is 21.6 Å². The second-order valence-corrected chi connectivity index (χ2v) is 4.16. The van der Waals surface area contributed by atoms with Gasteiger partial charge in [-0.2, -0.15) is 0 Å². The second-order valence-electron chi connectivity index (χ2n) is 4.16. The molecule has 1 aliphatic rings. The number of benzene rings is 2. The predicted molar refractivity (Wildman–Crippen MR) is 68.2 cm³/mol. The van der Waals surface area contributed by atoms with E-state index in [1.165, 1.54) is 5.56 Å². The monoisotopic (exact) mass is 235 g/mol. The van der Waals surface area contributed by atoms with Crippen molar-refractivity contribution in [3.05, 3.63) is 69.6 Å². The van der Waals surface area contributed by atoms with Gasteiger partial charge in [0.15, 0.2) is 0 Å². The summed E-state index contributed by atoms with van der Waals surface area (Å²) in [7, 11) is 0. The highest BCUT2D eigenvalue weighted by atomic mass is 16.1. The lowest BCUT2D eigenvalue weighted by molar-refractivity contribution is 0.0999. The third-order valence-corrected chi connectivity index (χ3v) is 3.22. The first kappa shape index (κ1) is 10.6. The Bertz CT molecular complexity index is 700. The molecule has 0 aliphatic heterocycles. The Labute approximate surface area is 104 Å². The Balaban J connectivity index is 2.20. The van der Waals surface area contributed by atoms with Crippen LogP contribution in [0.4, 0.5) is 0 Å². The van der Waals surface area contributed by atoms with Crippen LogP contribution >= 0.6 is 0 Å². The molecular weight excluding hydrogens is 226 g/mol. The summed E-state index contributed by atoms with van der Waals surface area (Å²) in [4.78, 5) is 14.3. The van der Waals surface area contributed by atoms with Gasteiger partial charge in [0, 0.05) is 10.5 Å². The number of amides is 1. The summed E-state index contributed by atoms with van der Waals surface area (Å²) in [6.45, 7) is 0. The number of nitrogens with zero attached hydrogens (tertiary/aromatic N) is 3. The molecule has 0 unspecified atom stereocenters.